The smallest absolute Gasteiger partial charge is 0.261 e. The Hall–Kier alpha value is -6.78. The van der Waals surface area contributed by atoms with Gasteiger partial charge in [-0.05, 0) is 68.1 Å². The molecule has 258 valence electrons. The highest BCUT2D eigenvalue weighted by Gasteiger charge is 2.49. The van der Waals surface area contributed by atoms with E-state index in [9.17, 15) is 0 Å². The number of rotatable bonds is 6. The third kappa shape index (κ3) is 4.98. The van der Waals surface area contributed by atoms with Crippen molar-refractivity contribution in [1.82, 2.24) is 9.80 Å². The Morgan fingerprint density at radius 3 is 1.19 bits per heavy atom. The minimum absolute atomic E-state index is 0.161. The van der Waals surface area contributed by atoms with Gasteiger partial charge in [0.1, 0.15) is 0 Å². The van der Waals surface area contributed by atoms with Crippen LogP contribution in [-0.2, 0) is 22.7 Å². The Kier molecular flexibility index (Phi) is 7.34. The van der Waals surface area contributed by atoms with Crippen LogP contribution in [0.1, 0.15) is 33.4 Å². The average Bonchev–Trinajstić information content (AvgIpc) is 3.64. The molecule has 0 unspecified atom stereocenters. The predicted molar refractivity (Wildman–Crippen MR) is 220 cm³/mol. The van der Waals surface area contributed by atoms with Crippen molar-refractivity contribution in [3.05, 3.63) is 202 Å². The first kappa shape index (κ1) is 31.9. The maximum absolute atomic E-state index is 15.4. The van der Waals surface area contributed by atoms with Crippen LogP contribution in [0.5, 0.6) is 0 Å². The normalized spacial score (nSPS) is 14.5. The van der Waals surface area contributed by atoms with Gasteiger partial charge in [-0.15, -0.1) is 0 Å². The number of hydrogen-bond donors (Lipinski definition) is 0. The van der Waals surface area contributed by atoms with Crippen LogP contribution in [0, 0.1) is 13.8 Å². The number of benzene rings is 8. The van der Waals surface area contributed by atoms with E-state index in [4.69, 9.17) is 0 Å². The lowest BCUT2D eigenvalue weighted by Crippen LogP contribution is -2.29. The third-order valence-corrected chi connectivity index (χ3v) is 11.2. The molecular formula is C50H36N2O2. The highest BCUT2D eigenvalue weighted by molar-refractivity contribution is 6.32. The molecule has 0 aromatic heterocycles. The maximum atomic E-state index is 15.4. The summed E-state index contributed by atoms with van der Waals surface area (Å²) < 4.78 is 0. The van der Waals surface area contributed by atoms with Gasteiger partial charge in [0.05, 0.1) is 35.6 Å². The van der Waals surface area contributed by atoms with Gasteiger partial charge in [0.25, 0.3) is 11.8 Å². The molecule has 8 aromatic rings. The van der Waals surface area contributed by atoms with E-state index in [-0.39, 0.29) is 11.8 Å². The van der Waals surface area contributed by atoms with Crippen LogP contribution < -0.4 is 0 Å². The summed E-state index contributed by atoms with van der Waals surface area (Å²) in [5.41, 5.74) is 8.31. The molecule has 0 N–H and O–H groups in total. The molecule has 0 saturated carbocycles. The molecule has 54 heavy (non-hydrogen) atoms. The number of fused-ring (bicyclic) bond motifs is 7. The first-order chi connectivity index (χ1) is 26.4. The highest BCUT2D eigenvalue weighted by Crippen LogP contribution is 2.50. The van der Waals surface area contributed by atoms with Gasteiger partial charge in [-0.1, -0.05) is 169 Å². The van der Waals surface area contributed by atoms with Crippen molar-refractivity contribution < 1.29 is 9.59 Å². The highest BCUT2D eigenvalue weighted by atomic mass is 16.2. The minimum atomic E-state index is -0.161. The van der Waals surface area contributed by atoms with E-state index in [1.807, 2.05) is 21.9 Å². The SMILES string of the molecule is Cc1ccc(CN2C(=O)C3=C(c4cccc5c4ccc4ccccc45)N(Cc4ccc(C)cc4)C(=O)C3=C2c2cccc3c2ccc2ccccc23)cc1. The standard InChI is InChI=1S/C50H36N2O2/c1-31-17-21-33(22-18-31)29-51-47(43-15-7-13-39-37-11-5-3-9-35(37)25-27-41(39)43)45-46(49(51)53)48(52(50(45)54)30-34-23-19-32(2)20-24-34)44-16-8-14-40-38-12-6-4-10-36(38)26-28-42(40)44/h3-28H,29-30H2,1-2H3. The zero-order valence-corrected chi connectivity index (χ0v) is 30.1. The largest absolute Gasteiger partial charge is 0.302 e. The zero-order valence-electron chi connectivity index (χ0n) is 30.1. The van der Waals surface area contributed by atoms with Crippen LogP contribution in [0.25, 0.3) is 54.5 Å². The molecule has 8 aromatic carbocycles. The van der Waals surface area contributed by atoms with Gasteiger partial charge in [0, 0.05) is 11.1 Å². The molecule has 0 spiro atoms. The Morgan fingerprint density at radius 2 is 0.759 bits per heavy atom. The minimum Gasteiger partial charge on any atom is -0.302 e. The molecule has 0 saturated heterocycles. The summed E-state index contributed by atoms with van der Waals surface area (Å²) in [4.78, 5) is 34.4. The van der Waals surface area contributed by atoms with Crippen molar-refractivity contribution in [3.8, 4) is 0 Å². The molecule has 2 aliphatic heterocycles. The fraction of sp³-hybridized carbons (Fsp3) is 0.0800. The number of carbonyl (C=O) groups excluding carboxylic acids is 2. The zero-order chi connectivity index (χ0) is 36.5. The Balaban J connectivity index is 1.28. The van der Waals surface area contributed by atoms with Crippen LogP contribution in [0.3, 0.4) is 0 Å². The fourth-order valence-corrected chi connectivity index (χ4v) is 8.50. The molecule has 4 heteroatoms. The summed E-state index contributed by atoms with van der Waals surface area (Å²) in [6, 6.07) is 54.4. The average molecular weight is 697 g/mol. The van der Waals surface area contributed by atoms with Crippen molar-refractivity contribution in [2.24, 2.45) is 0 Å². The Bertz CT molecular complexity index is 2730. The van der Waals surface area contributed by atoms with Gasteiger partial charge in [-0.2, -0.15) is 0 Å². The molecular weight excluding hydrogens is 661 g/mol. The second kappa shape index (κ2) is 12.4. The molecule has 0 bridgehead atoms. The number of aryl methyl sites for hydroxylation is 2. The first-order valence-corrected chi connectivity index (χ1v) is 18.5. The Labute approximate surface area is 313 Å². The van der Waals surface area contributed by atoms with Crippen LogP contribution in [0.2, 0.25) is 0 Å². The van der Waals surface area contributed by atoms with Gasteiger partial charge in [-0.3, -0.25) is 9.59 Å². The maximum Gasteiger partial charge on any atom is 0.261 e. The number of amides is 2. The summed E-state index contributed by atoms with van der Waals surface area (Å²) in [6.45, 7) is 4.80. The monoisotopic (exact) mass is 696 g/mol. The van der Waals surface area contributed by atoms with Gasteiger partial charge in [-0.25, -0.2) is 0 Å². The number of hydrogen-bond acceptors (Lipinski definition) is 2. The quantitative estimate of drug-likeness (QED) is 0.162. The summed E-state index contributed by atoms with van der Waals surface area (Å²) in [7, 11) is 0. The summed E-state index contributed by atoms with van der Waals surface area (Å²) >= 11 is 0. The van der Waals surface area contributed by atoms with Crippen LogP contribution in [0.4, 0.5) is 0 Å². The van der Waals surface area contributed by atoms with Crippen molar-refractivity contribution in [2.75, 3.05) is 0 Å². The lowest BCUT2D eigenvalue weighted by molar-refractivity contribution is -0.124. The van der Waals surface area contributed by atoms with E-state index in [2.05, 4.69) is 159 Å². The van der Waals surface area contributed by atoms with E-state index < -0.39 is 0 Å². The topological polar surface area (TPSA) is 40.6 Å². The number of carbonyl (C=O) groups is 2. The van der Waals surface area contributed by atoms with E-state index in [1.54, 1.807) is 0 Å². The molecule has 2 aliphatic rings. The summed E-state index contributed by atoms with van der Waals surface area (Å²) in [5, 5.41) is 8.74. The molecule has 4 nitrogen and oxygen atoms in total. The van der Waals surface area contributed by atoms with Gasteiger partial charge < -0.3 is 9.80 Å². The van der Waals surface area contributed by atoms with Crippen LogP contribution >= 0.6 is 0 Å². The fourth-order valence-electron chi connectivity index (χ4n) is 8.50. The molecule has 10 rings (SSSR count). The van der Waals surface area contributed by atoms with Crippen molar-refractivity contribution in [1.29, 1.82) is 0 Å². The van der Waals surface area contributed by atoms with Gasteiger partial charge in [0.2, 0.25) is 0 Å². The molecule has 0 aliphatic carbocycles. The molecule has 0 fully saturated rings. The van der Waals surface area contributed by atoms with Crippen molar-refractivity contribution in [2.45, 2.75) is 26.9 Å². The van der Waals surface area contributed by atoms with Crippen LogP contribution in [0.15, 0.2) is 169 Å². The Morgan fingerprint density at radius 1 is 0.370 bits per heavy atom. The van der Waals surface area contributed by atoms with E-state index in [0.717, 1.165) is 76.5 Å². The lowest BCUT2D eigenvalue weighted by Gasteiger charge is -2.27. The van der Waals surface area contributed by atoms with E-state index in [0.29, 0.717) is 35.6 Å². The van der Waals surface area contributed by atoms with Crippen molar-refractivity contribution >= 4 is 66.3 Å². The van der Waals surface area contributed by atoms with Gasteiger partial charge >= 0.3 is 0 Å². The number of nitrogens with zero attached hydrogens (tertiary/aromatic N) is 2. The summed E-state index contributed by atoms with van der Waals surface area (Å²) in [6.07, 6.45) is 0. The van der Waals surface area contributed by atoms with Crippen LogP contribution in [-0.4, -0.2) is 21.6 Å². The van der Waals surface area contributed by atoms with Crippen molar-refractivity contribution in [3.63, 3.8) is 0 Å². The second-order valence-corrected chi connectivity index (χ2v) is 14.6. The first-order valence-electron chi connectivity index (χ1n) is 18.5. The van der Waals surface area contributed by atoms with E-state index >= 15 is 9.59 Å². The second-order valence-electron chi connectivity index (χ2n) is 14.6. The molecule has 0 radical (unpaired) electrons. The third-order valence-electron chi connectivity index (χ3n) is 11.2. The molecule has 2 amide bonds. The molecule has 0 atom stereocenters. The van der Waals surface area contributed by atoms with E-state index in [1.165, 1.54) is 0 Å². The predicted octanol–water partition coefficient (Wildman–Crippen LogP) is 11.1. The summed E-state index contributed by atoms with van der Waals surface area (Å²) in [5.74, 6) is -0.322. The van der Waals surface area contributed by atoms with Gasteiger partial charge in [0.15, 0.2) is 0 Å². The lowest BCUT2D eigenvalue weighted by atomic mass is 9.94. The molecule has 2 heterocycles.